The zero-order valence-corrected chi connectivity index (χ0v) is 13.7. The number of furan rings is 1. The van der Waals surface area contributed by atoms with Crippen LogP contribution in [0.2, 0.25) is 0 Å². The second kappa shape index (κ2) is 5.06. The summed E-state index contributed by atoms with van der Waals surface area (Å²) in [6.07, 6.45) is 4.33. The molecule has 0 spiro atoms. The third kappa shape index (κ3) is 2.00. The van der Waals surface area contributed by atoms with Gasteiger partial charge in [-0.15, -0.1) is 0 Å². The lowest BCUT2D eigenvalue weighted by Crippen LogP contribution is -2.07. The summed E-state index contributed by atoms with van der Waals surface area (Å²) in [6.45, 7) is 1.91. The van der Waals surface area contributed by atoms with Gasteiger partial charge in [-0.05, 0) is 55.5 Å². The summed E-state index contributed by atoms with van der Waals surface area (Å²) in [4.78, 5) is 12.2. The van der Waals surface area contributed by atoms with Gasteiger partial charge < -0.3 is 8.83 Å². The van der Waals surface area contributed by atoms with Gasteiger partial charge in [0.05, 0.1) is 6.26 Å². The topological polar surface area (TPSA) is 43.4 Å². The molecule has 5 rings (SSSR count). The van der Waals surface area contributed by atoms with Crippen LogP contribution in [0.5, 0.6) is 0 Å². The van der Waals surface area contributed by atoms with Crippen molar-refractivity contribution >= 4 is 21.9 Å². The molecule has 0 saturated carbocycles. The summed E-state index contributed by atoms with van der Waals surface area (Å²) in [5.41, 5.74) is 5.62. The molecule has 2 aromatic heterocycles. The van der Waals surface area contributed by atoms with Crippen molar-refractivity contribution < 1.29 is 13.2 Å². The zero-order chi connectivity index (χ0) is 17.1. The van der Waals surface area contributed by atoms with Gasteiger partial charge in [-0.3, -0.25) is 0 Å². The Labute approximate surface area is 142 Å². The maximum atomic E-state index is 13.2. The third-order valence-electron chi connectivity index (χ3n) is 5.18. The molecule has 2 heterocycles. The van der Waals surface area contributed by atoms with Crippen molar-refractivity contribution in [3.05, 3.63) is 69.5 Å². The molecule has 0 unspecified atom stereocenters. The summed E-state index contributed by atoms with van der Waals surface area (Å²) in [5.74, 6) is -0.266. The minimum Gasteiger partial charge on any atom is -0.463 e. The fourth-order valence-electron chi connectivity index (χ4n) is 3.95. The minimum atomic E-state index is -0.266. The quantitative estimate of drug-likeness (QED) is 0.453. The van der Waals surface area contributed by atoms with Gasteiger partial charge in [0.1, 0.15) is 17.0 Å². The van der Waals surface area contributed by atoms with Crippen LogP contribution in [0.1, 0.15) is 23.1 Å². The van der Waals surface area contributed by atoms with Crippen LogP contribution in [0.25, 0.3) is 33.1 Å². The fourth-order valence-corrected chi connectivity index (χ4v) is 3.95. The monoisotopic (exact) mass is 334 g/mol. The van der Waals surface area contributed by atoms with Crippen molar-refractivity contribution in [3.8, 4) is 11.1 Å². The minimum absolute atomic E-state index is 0.229. The zero-order valence-electron chi connectivity index (χ0n) is 13.7. The molecule has 0 atom stereocenters. The van der Waals surface area contributed by atoms with Gasteiger partial charge in [-0.2, -0.15) is 0 Å². The number of hydrogen-bond acceptors (Lipinski definition) is 3. The van der Waals surface area contributed by atoms with E-state index in [1.807, 2.05) is 13.0 Å². The number of aryl methyl sites for hydroxylation is 2. The van der Waals surface area contributed by atoms with Gasteiger partial charge >= 0.3 is 5.63 Å². The van der Waals surface area contributed by atoms with Gasteiger partial charge in [-0.1, -0.05) is 12.1 Å². The highest BCUT2D eigenvalue weighted by Gasteiger charge is 2.23. The highest BCUT2D eigenvalue weighted by molar-refractivity contribution is 6.05. The molecule has 0 N–H and O–H groups in total. The van der Waals surface area contributed by atoms with Crippen LogP contribution >= 0.6 is 0 Å². The molecule has 0 bridgehead atoms. The van der Waals surface area contributed by atoms with Crippen molar-refractivity contribution in [2.75, 3.05) is 0 Å². The Kier molecular flexibility index (Phi) is 2.93. The molecule has 0 aliphatic heterocycles. The predicted molar refractivity (Wildman–Crippen MR) is 94.4 cm³/mol. The van der Waals surface area contributed by atoms with Crippen LogP contribution in [-0.4, -0.2) is 0 Å². The maximum absolute atomic E-state index is 13.2. The summed E-state index contributed by atoms with van der Waals surface area (Å²) in [5, 5.41) is 1.95. The Balaban J connectivity index is 1.88. The van der Waals surface area contributed by atoms with Crippen LogP contribution in [-0.2, 0) is 12.8 Å². The largest absolute Gasteiger partial charge is 0.463 e. The van der Waals surface area contributed by atoms with Gasteiger partial charge in [0, 0.05) is 27.5 Å². The third-order valence-corrected chi connectivity index (χ3v) is 5.18. The molecule has 1 aliphatic rings. The first-order chi connectivity index (χ1) is 12.1. The highest BCUT2D eigenvalue weighted by Crippen LogP contribution is 2.38. The standard InChI is InChI=1S/C21H15FO3/c1-11-19-17(18(10-24-19)12-5-7-13(22)8-6-12)9-16-14-3-2-4-15(14)21(23)25-20(11)16/h5-10H,2-4H2,1H3. The number of hydrogen-bond donors (Lipinski definition) is 0. The summed E-state index contributed by atoms with van der Waals surface area (Å²) >= 11 is 0. The average Bonchev–Trinajstić information content (AvgIpc) is 3.25. The molecule has 0 saturated heterocycles. The van der Waals surface area contributed by atoms with E-state index < -0.39 is 0 Å². The van der Waals surface area contributed by atoms with E-state index in [0.29, 0.717) is 11.2 Å². The second-order valence-corrected chi connectivity index (χ2v) is 6.61. The van der Waals surface area contributed by atoms with E-state index in [2.05, 4.69) is 0 Å². The van der Waals surface area contributed by atoms with E-state index in [9.17, 15) is 9.18 Å². The Hall–Kier alpha value is -2.88. The summed E-state index contributed by atoms with van der Waals surface area (Å²) in [7, 11) is 0. The molecular formula is C21H15FO3. The smallest absolute Gasteiger partial charge is 0.339 e. The van der Waals surface area contributed by atoms with E-state index in [0.717, 1.165) is 57.9 Å². The molecule has 25 heavy (non-hydrogen) atoms. The van der Waals surface area contributed by atoms with Crippen molar-refractivity contribution in [1.29, 1.82) is 0 Å². The van der Waals surface area contributed by atoms with Gasteiger partial charge in [-0.25, -0.2) is 9.18 Å². The Morgan fingerprint density at radius 3 is 2.56 bits per heavy atom. The lowest BCUT2D eigenvalue weighted by molar-refractivity contribution is 0.548. The molecular weight excluding hydrogens is 319 g/mol. The molecule has 124 valence electrons. The SMILES string of the molecule is Cc1c2occ(-c3ccc(F)cc3)c2cc2c3c(c(=O)oc12)CCC3. The van der Waals surface area contributed by atoms with Crippen LogP contribution in [0.15, 0.2) is 50.2 Å². The maximum Gasteiger partial charge on any atom is 0.339 e. The number of fused-ring (bicyclic) bond motifs is 4. The number of rotatable bonds is 1. The van der Waals surface area contributed by atoms with Crippen molar-refractivity contribution in [2.24, 2.45) is 0 Å². The van der Waals surface area contributed by atoms with E-state index in [1.165, 1.54) is 12.1 Å². The molecule has 4 aromatic rings. The number of benzene rings is 2. The normalized spacial score (nSPS) is 13.7. The van der Waals surface area contributed by atoms with Gasteiger partial charge in [0.25, 0.3) is 0 Å². The van der Waals surface area contributed by atoms with E-state index in [1.54, 1.807) is 18.4 Å². The van der Waals surface area contributed by atoms with E-state index in [4.69, 9.17) is 8.83 Å². The van der Waals surface area contributed by atoms with E-state index in [-0.39, 0.29) is 11.4 Å². The van der Waals surface area contributed by atoms with Gasteiger partial charge in [0.15, 0.2) is 0 Å². The number of halogens is 1. The van der Waals surface area contributed by atoms with Crippen LogP contribution in [0.3, 0.4) is 0 Å². The van der Waals surface area contributed by atoms with Crippen LogP contribution in [0.4, 0.5) is 4.39 Å². The van der Waals surface area contributed by atoms with Crippen LogP contribution < -0.4 is 5.63 Å². The Morgan fingerprint density at radius 1 is 1.00 bits per heavy atom. The molecule has 4 heteroatoms. The molecule has 0 fully saturated rings. The first kappa shape index (κ1) is 14.5. The molecule has 2 aromatic carbocycles. The van der Waals surface area contributed by atoms with E-state index >= 15 is 0 Å². The van der Waals surface area contributed by atoms with Crippen molar-refractivity contribution in [1.82, 2.24) is 0 Å². The van der Waals surface area contributed by atoms with Crippen LogP contribution in [0, 0.1) is 12.7 Å². The Morgan fingerprint density at radius 2 is 1.76 bits per heavy atom. The fraction of sp³-hybridized carbons (Fsp3) is 0.190. The van der Waals surface area contributed by atoms with Gasteiger partial charge in [0.2, 0.25) is 0 Å². The second-order valence-electron chi connectivity index (χ2n) is 6.61. The van der Waals surface area contributed by atoms with Crippen molar-refractivity contribution in [2.45, 2.75) is 26.2 Å². The lowest BCUT2D eigenvalue weighted by Gasteiger charge is -2.07. The van der Waals surface area contributed by atoms with Crippen molar-refractivity contribution in [3.63, 3.8) is 0 Å². The molecule has 3 nitrogen and oxygen atoms in total. The molecule has 0 amide bonds. The summed E-state index contributed by atoms with van der Waals surface area (Å²) < 4.78 is 24.6. The first-order valence-electron chi connectivity index (χ1n) is 8.39. The highest BCUT2D eigenvalue weighted by atomic mass is 19.1. The lowest BCUT2D eigenvalue weighted by atomic mass is 9.98. The first-order valence-corrected chi connectivity index (χ1v) is 8.39. The average molecular weight is 334 g/mol. The Bertz CT molecular complexity index is 1200. The predicted octanol–water partition coefficient (Wildman–Crippen LogP) is 5.14. The molecule has 1 aliphatic carbocycles. The molecule has 0 radical (unpaired) electrons. The summed E-state index contributed by atoms with van der Waals surface area (Å²) in [6, 6.07) is 8.42.